The highest BCUT2D eigenvalue weighted by atomic mass is 35.5. The van der Waals surface area contributed by atoms with Crippen LogP contribution in [0.25, 0.3) is 0 Å². The lowest BCUT2D eigenvalue weighted by Gasteiger charge is -2.33. The Hall–Kier alpha value is -1.56. The molecule has 1 saturated carbocycles. The van der Waals surface area contributed by atoms with Crippen LogP contribution in [0.5, 0.6) is 0 Å². The highest BCUT2D eigenvalue weighted by Gasteiger charge is 2.29. The molecule has 3 rings (SSSR count). The van der Waals surface area contributed by atoms with Crippen molar-refractivity contribution in [2.75, 3.05) is 5.32 Å². The second kappa shape index (κ2) is 7.99. The molecule has 0 saturated heterocycles. The molecule has 0 amide bonds. The molecule has 0 bridgehead atoms. The van der Waals surface area contributed by atoms with Gasteiger partial charge in [-0.25, -0.2) is 13.1 Å². The third-order valence-corrected chi connectivity index (χ3v) is 6.69. The second-order valence-corrected chi connectivity index (χ2v) is 9.19. The molecule has 2 atom stereocenters. The Labute approximate surface area is 161 Å². The topological polar surface area (TPSA) is 58.2 Å². The smallest absolute Gasteiger partial charge is 0.240 e. The summed E-state index contributed by atoms with van der Waals surface area (Å²) < 4.78 is 28.4. The van der Waals surface area contributed by atoms with Crippen LogP contribution in [0.1, 0.15) is 36.8 Å². The molecular formula is C20H25ClN2O2S. The molecule has 2 unspecified atom stereocenters. The predicted octanol–water partition coefficient (Wildman–Crippen LogP) is 4.66. The minimum Gasteiger partial charge on any atom is -0.380 e. The number of hydrogen-bond donors (Lipinski definition) is 2. The molecule has 4 nitrogen and oxygen atoms in total. The highest BCUT2D eigenvalue weighted by Crippen LogP contribution is 2.26. The maximum atomic E-state index is 12.7. The third kappa shape index (κ3) is 4.58. The summed E-state index contributed by atoms with van der Waals surface area (Å²) in [7, 11) is -3.57. The van der Waals surface area contributed by atoms with Gasteiger partial charge in [0.1, 0.15) is 0 Å². The summed E-state index contributed by atoms with van der Waals surface area (Å²) in [4.78, 5) is 0.248. The molecule has 26 heavy (non-hydrogen) atoms. The van der Waals surface area contributed by atoms with Gasteiger partial charge in [-0.15, -0.1) is 0 Å². The number of sulfonamides is 1. The Bertz CT molecular complexity index is 866. The Balaban J connectivity index is 1.78. The molecule has 1 aliphatic carbocycles. The van der Waals surface area contributed by atoms with Crippen molar-refractivity contribution in [2.45, 2.75) is 56.5 Å². The average molecular weight is 393 g/mol. The first kappa shape index (κ1) is 19.2. The normalized spacial score (nSPS) is 20.7. The second-order valence-electron chi connectivity index (χ2n) is 7.04. The lowest BCUT2D eigenvalue weighted by atomic mass is 9.90. The van der Waals surface area contributed by atoms with Crippen molar-refractivity contribution in [3.63, 3.8) is 0 Å². The van der Waals surface area contributed by atoms with Gasteiger partial charge in [0.15, 0.2) is 0 Å². The largest absolute Gasteiger partial charge is 0.380 e. The van der Waals surface area contributed by atoms with E-state index in [2.05, 4.69) is 42.1 Å². The van der Waals surface area contributed by atoms with E-state index in [0.29, 0.717) is 5.02 Å². The number of rotatable bonds is 5. The number of anilines is 1. The monoisotopic (exact) mass is 392 g/mol. The summed E-state index contributed by atoms with van der Waals surface area (Å²) in [6, 6.07) is 12.5. The summed E-state index contributed by atoms with van der Waals surface area (Å²) in [5.41, 5.74) is 3.43. The van der Waals surface area contributed by atoms with Crippen molar-refractivity contribution < 1.29 is 8.42 Å². The lowest BCUT2D eigenvalue weighted by molar-refractivity contribution is 0.378. The molecule has 1 fully saturated rings. The molecule has 0 heterocycles. The van der Waals surface area contributed by atoms with E-state index in [1.807, 2.05) is 0 Å². The summed E-state index contributed by atoms with van der Waals surface area (Å²) in [6.45, 7) is 4.13. The summed E-state index contributed by atoms with van der Waals surface area (Å²) in [6.07, 6.45) is 3.90. The molecule has 6 heteroatoms. The van der Waals surface area contributed by atoms with E-state index < -0.39 is 10.0 Å². The predicted molar refractivity (Wildman–Crippen MR) is 107 cm³/mol. The third-order valence-electron chi connectivity index (χ3n) is 4.93. The molecule has 2 aromatic rings. The van der Waals surface area contributed by atoms with Crippen LogP contribution in [0.3, 0.4) is 0 Å². The molecule has 0 aliphatic heterocycles. The summed E-state index contributed by atoms with van der Waals surface area (Å²) >= 11 is 5.87. The zero-order chi connectivity index (χ0) is 18.7. The number of halogens is 1. The molecule has 2 N–H and O–H groups in total. The Morgan fingerprint density at radius 1 is 0.962 bits per heavy atom. The van der Waals surface area contributed by atoms with E-state index in [1.165, 1.54) is 11.1 Å². The zero-order valence-corrected chi connectivity index (χ0v) is 16.7. The fourth-order valence-corrected chi connectivity index (χ4v) is 4.85. The van der Waals surface area contributed by atoms with Crippen LogP contribution < -0.4 is 10.0 Å². The van der Waals surface area contributed by atoms with Gasteiger partial charge in [-0.1, -0.05) is 36.6 Å². The SMILES string of the molecule is Cc1ccc(C)c(NC2CCCCC2NS(=O)(=O)c2ccc(Cl)cc2)c1. The van der Waals surface area contributed by atoms with E-state index in [1.54, 1.807) is 24.3 Å². The fourth-order valence-electron chi connectivity index (χ4n) is 3.42. The number of aryl methyl sites for hydroxylation is 2. The van der Waals surface area contributed by atoms with Crippen LogP contribution in [0.15, 0.2) is 47.4 Å². The first-order valence-corrected chi connectivity index (χ1v) is 10.8. The first-order chi connectivity index (χ1) is 12.3. The van der Waals surface area contributed by atoms with Gasteiger partial charge in [0, 0.05) is 22.8 Å². The average Bonchev–Trinajstić information content (AvgIpc) is 2.60. The minimum atomic E-state index is -3.57. The lowest BCUT2D eigenvalue weighted by Crippen LogP contribution is -2.48. The van der Waals surface area contributed by atoms with Crippen molar-refractivity contribution in [3.8, 4) is 0 Å². The number of nitrogens with one attached hydrogen (secondary N) is 2. The van der Waals surface area contributed by atoms with E-state index in [4.69, 9.17) is 11.6 Å². The Morgan fingerprint density at radius 2 is 1.62 bits per heavy atom. The van der Waals surface area contributed by atoms with Gasteiger partial charge >= 0.3 is 0 Å². The van der Waals surface area contributed by atoms with Gasteiger partial charge in [0.2, 0.25) is 10.0 Å². The van der Waals surface area contributed by atoms with Gasteiger partial charge in [0.05, 0.1) is 4.90 Å². The molecule has 0 spiro atoms. The number of hydrogen-bond acceptors (Lipinski definition) is 3. The maximum Gasteiger partial charge on any atom is 0.240 e. The van der Waals surface area contributed by atoms with Crippen molar-refractivity contribution in [1.82, 2.24) is 4.72 Å². The van der Waals surface area contributed by atoms with Crippen molar-refractivity contribution in [1.29, 1.82) is 0 Å². The van der Waals surface area contributed by atoms with Crippen molar-refractivity contribution in [2.24, 2.45) is 0 Å². The van der Waals surface area contributed by atoms with Gasteiger partial charge in [0.25, 0.3) is 0 Å². The van der Waals surface area contributed by atoms with E-state index >= 15 is 0 Å². The van der Waals surface area contributed by atoms with Crippen LogP contribution in [0.4, 0.5) is 5.69 Å². The van der Waals surface area contributed by atoms with Gasteiger partial charge in [-0.3, -0.25) is 0 Å². The van der Waals surface area contributed by atoms with E-state index in [0.717, 1.165) is 31.4 Å². The minimum absolute atomic E-state index is 0.0753. The van der Waals surface area contributed by atoms with Crippen LogP contribution in [0, 0.1) is 13.8 Å². The fraction of sp³-hybridized carbons (Fsp3) is 0.400. The quantitative estimate of drug-likeness (QED) is 0.778. The van der Waals surface area contributed by atoms with Crippen LogP contribution in [0.2, 0.25) is 5.02 Å². The molecule has 1 aliphatic rings. The van der Waals surface area contributed by atoms with Gasteiger partial charge in [-0.2, -0.15) is 0 Å². The van der Waals surface area contributed by atoms with Crippen LogP contribution >= 0.6 is 11.6 Å². The van der Waals surface area contributed by atoms with E-state index in [-0.39, 0.29) is 17.0 Å². The molecule has 0 aromatic heterocycles. The molecule has 2 aromatic carbocycles. The molecule has 140 valence electrons. The Morgan fingerprint density at radius 3 is 2.31 bits per heavy atom. The molecule has 0 radical (unpaired) electrons. The number of benzene rings is 2. The van der Waals surface area contributed by atoms with E-state index in [9.17, 15) is 8.42 Å². The first-order valence-electron chi connectivity index (χ1n) is 8.97. The van der Waals surface area contributed by atoms with Gasteiger partial charge < -0.3 is 5.32 Å². The van der Waals surface area contributed by atoms with Crippen LogP contribution in [-0.2, 0) is 10.0 Å². The summed E-state index contributed by atoms with van der Waals surface area (Å²) in [5.74, 6) is 0. The Kier molecular flexibility index (Phi) is 5.90. The van der Waals surface area contributed by atoms with Crippen molar-refractivity contribution in [3.05, 3.63) is 58.6 Å². The molecular weight excluding hydrogens is 368 g/mol. The highest BCUT2D eigenvalue weighted by molar-refractivity contribution is 7.89. The maximum absolute atomic E-state index is 12.7. The van der Waals surface area contributed by atoms with Crippen LogP contribution in [-0.4, -0.2) is 20.5 Å². The zero-order valence-electron chi connectivity index (χ0n) is 15.1. The van der Waals surface area contributed by atoms with Gasteiger partial charge in [-0.05, 0) is 68.1 Å². The van der Waals surface area contributed by atoms with Crippen molar-refractivity contribution >= 4 is 27.3 Å². The standard InChI is InChI=1S/C20H25ClN2O2S/c1-14-7-8-15(2)20(13-14)22-18-5-3-4-6-19(18)23-26(24,25)17-11-9-16(21)10-12-17/h7-13,18-19,22-23H,3-6H2,1-2H3. The summed E-state index contributed by atoms with van der Waals surface area (Å²) in [5, 5.41) is 4.10.